The first-order chi connectivity index (χ1) is 10.7. The molecule has 0 bridgehead atoms. The summed E-state index contributed by atoms with van der Waals surface area (Å²) in [5, 5.41) is 2.67. The normalized spacial score (nSPS) is 16.6. The maximum absolute atomic E-state index is 12.0. The summed E-state index contributed by atoms with van der Waals surface area (Å²) in [6, 6.07) is 16.2. The Morgan fingerprint density at radius 1 is 1.23 bits per heavy atom. The van der Waals surface area contributed by atoms with Gasteiger partial charge in [-0.2, -0.15) is 0 Å². The van der Waals surface area contributed by atoms with Gasteiger partial charge in [-0.05, 0) is 30.2 Å². The van der Waals surface area contributed by atoms with Crippen LogP contribution in [-0.4, -0.2) is 25.6 Å². The molecule has 1 aliphatic rings. The number of para-hydroxylation sites is 2. The Kier molecular flexibility index (Phi) is 4.00. The van der Waals surface area contributed by atoms with Gasteiger partial charge >= 0.3 is 0 Å². The van der Waals surface area contributed by atoms with Crippen LogP contribution in [-0.2, 0) is 11.3 Å². The lowest BCUT2D eigenvalue weighted by Crippen LogP contribution is -2.48. The van der Waals surface area contributed by atoms with Crippen molar-refractivity contribution < 1.29 is 9.53 Å². The molecule has 1 N–H and O–H groups in total. The van der Waals surface area contributed by atoms with Crippen molar-refractivity contribution in [3.05, 3.63) is 59.7 Å². The molecular formula is C18H20N2O2. The zero-order valence-electron chi connectivity index (χ0n) is 12.9. The van der Waals surface area contributed by atoms with Crippen LogP contribution in [0.25, 0.3) is 0 Å². The second kappa shape index (κ2) is 6.10. The SMILES string of the molecule is CNC(=O)C1CN(Cc2ccccc2C)c2ccccc2O1. The van der Waals surface area contributed by atoms with Crippen molar-refractivity contribution in [2.45, 2.75) is 19.6 Å². The van der Waals surface area contributed by atoms with Crippen molar-refractivity contribution in [1.82, 2.24) is 5.32 Å². The van der Waals surface area contributed by atoms with Gasteiger partial charge in [0.25, 0.3) is 5.91 Å². The number of carbonyl (C=O) groups excluding carboxylic acids is 1. The van der Waals surface area contributed by atoms with Crippen molar-refractivity contribution >= 4 is 11.6 Å². The first-order valence-electron chi connectivity index (χ1n) is 7.46. The number of ether oxygens (including phenoxy) is 1. The highest BCUT2D eigenvalue weighted by Gasteiger charge is 2.30. The summed E-state index contributed by atoms with van der Waals surface area (Å²) >= 11 is 0. The molecule has 2 aromatic carbocycles. The van der Waals surface area contributed by atoms with Crippen LogP contribution in [0.5, 0.6) is 5.75 Å². The Labute approximate surface area is 130 Å². The molecule has 4 nitrogen and oxygen atoms in total. The van der Waals surface area contributed by atoms with Crippen molar-refractivity contribution in [3.63, 3.8) is 0 Å². The number of likely N-dealkylation sites (N-methyl/N-ethyl adjacent to an activating group) is 1. The van der Waals surface area contributed by atoms with Crippen molar-refractivity contribution in [1.29, 1.82) is 0 Å². The lowest BCUT2D eigenvalue weighted by Gasteiger charge is -2.35. The summed E-state index contributed by atoms with van der Waals surface area (Å²) in [5.74, 6) is 0.667. The lowest BCUT2D eigenvalue weighted by molar-refractivity contribution is -0.127. The number of hydrogen-bond acceptors (Lipinski definition) is 3. The molecule has 1 aliphatic heterocycles. The van der Waals surface area contributed by atoms with Crippen LogP contribution in [0, 0.1) is 6.92 Å². The number of carbonyl (C=O) groups is 1. The molecule has 1 amide bonds. The van der Waals surface area contributed by atoms with E-state index in [0.717, 1.165) is 18.0 Å². The number of hydrogen-bond donors (Lipinski definition) is 1. The molecule has 0 aromatic heterocycles. The van der Waals surface area contributed by atoms with Gasteiger partial charge in [0.05, 0.1) is 12.2 Å². The van der Waals surface area contributed by atoms with E-state index in [4.69, 9.17) is 4.74 Å². The van der Waals surface area contributed by atoms with E-state index in [-0.39, 0.29) is 5.91 Å². The van der Waals surface area contributed by atoms with E-state index in [1.165, 1.54) is 11.1 Å². The molecule has 0 spiro atoms. The monoisotopic (exact) mass is 296 g/mol. The first kappa shape index (κ1) is 14.4. The highest BCUT2D eigenvalue weighted by Crippen LogP contribution is 2.34. The minimum atomic E-state index is -0.482. The molecule has 0 saturated carbocycles. The molecule has 22 heavy (non-hydrogen) atoms. The van der Waals surface area contributed by atoms with Gasteiger partial charge in [0.15, 0.2) is 6.10 Å². The van der Waals surface area contributed by atoms with Crippen molar-refractivity contribution in [2.24, 2.45) is 0 Å². The van der Waals surface area contributed by atoms with Crippen LogP contribution in [0.4, 0.5) is 5.69 Å². The number of fused-ring (bicyclic) bond motifs is 1. The average Bonchev–Trinajstić information content (AvgIpc) is 2.56. The molecular weight excluding hydrogens is 276 g/mol. The number of nitrogens with zero attached hydrogens (tertiary/aromatic N) is 1. The molecule has 1 atom stereocenters. The molecule has 0 saturated heterocycles. The van der Waals surface area contributed by atoms with Crippen LogP contribution in [0.3, 0.4) is 0 Å². The van der Waals surface area contributed by atoms with Gasteiger partial charge in [0.1, 0.15) is 5.75 Å². The Balaban J connectivity index is 1.92. The summed E-state index contributed by atoms with van der Waals surface area (Å²) in [4.78, 5) is 14.2. The van der Waals surface area contributed by atoms with Gasteiger partial charge < -0.3 is 15.0 Å². The number of amides is 1. The van der Waals surface area contributed by atoms with Gasteiger partial charge in [-0.25, -0.2) is 0 Å². The van der Waals surface area contributed by atoms with Crippen LogP contribution in [0.2, 0.25) is 0 Å². The number of rotatable bonds is 3. The molecule has 2 aromatic rings. The van der Waals surface area contributed by atoms with Crippen LogP contribution < -0.4 is 15.0 Å². The van der Waals surface area contributed by atoms with Gasteiger partial charge in [-0.3, -0.25) is 4.79 Å². The fourth-order valence-electron chi connectivity index (χ4n) is 2.75. The third-order valence-electron chi connectivity index (χ3n) is 4.02. The number of aryl methyl sites for hydroxylation is 1. The Hall–Kier alpha value is -2.49. The van der Waals surface area contributed by atoms with E-state index in [2.05, 4.69) is 29.3 Å². The quantitative estimate of drug-likeness (QED) is 0.946. The largest absolute Gasteiger partial charge is 0.477 e. The third kappa shape index (κ3) is 2.77. The van der Waals surface area contributed by atoms with E-state index < -0.39 is 6.10 Å². The standard InChI is InChI=1S/C18H20N2O2/c1-13-7-3-4-8-14(13)11-20-12-17(18(21)19-2)22-16-10-6-5-9-15(16)20/h3-10,17H,11-12H2,1-2H3,(H,19,21). The summed E-state index contributed by atoms with van der Waals surface area (Å²) in [6.07, 6.45) is -0.482. The molecule has 0 aliphatic carbocycles. The lowest BCUT2D eigenvalue weighted by atomic mass is 10.1. The highest BCUT2D eigenvalue weighted by molar-refractivity contribution is 5.83. The number of anilines is 1. The predicted octanol–water partition coefficient (Wildman–Crippen LogP) is 2.51. The molecule has 114 valence electrons. The maximum Gasteiger partial charge on any atom is 0.262 e. The zero-order valence-corrected chi connectivity index (χ0v) is 12.9. The first-order valence-corrected chi connectivity index (χ1v) is 7.46. The van der Waals surface area contributed by atoms with E-state index in [9.17, 15) is 4.79 Å². The maximum atomic E-state index is 12.0. The number of nitrogens with one attached hydrogen (secondary N) is 1. The summed E-state index contributed by atoms with van der Waals surface area (Å²) in [7, 11) is 1.64. The minimum absolute atomic E-state index is 0.0933. The fraction of sp³-hybridized carbons (Fsp3) is 0.278. The molecule has 1 heterocycles. The van der Waals surface area contributed by atoms with Crippen LogP contribution in [0.15, 0.2) is 48.5 Å². The van der Waals surface area contributed by atoms with E-state index in [1.54, 1.807) is 7.05 Å². The third-order valence-corrected chi connectivity index (χ3v) is 4.02. The van der Waals surface area contributed by atoms with E-state index in [0.29, 0.717) is 6.54 Å². The fourth-order valence-corrected chi connectivity index (χ4v) is 2.75. The molecule has 0 fully saturated rings. The smallest absolute Gasteiger partial charge is 0.262 e. The zero-order chi connectivity index (χ0) is 15.5. The van der Waals surface area contributed by atoms with Crippen molar-refractivity contribution in [3.8, 4) is 5.75 Å². The number of benzene rings is 2. The van der Waals surface area contributed by atoms with Gasteiger partial charge in [0.2, 0.25) is 0 Å². The second-order valence-electron chi connectivity index (χ2n) is 5.50. The molecule has 3 rings (SSSR count). The Bertz CT molecular complexity index is 684. The second-order valence-corrected chi connectivity index (χ2v) is 5.50. The highest BCUT2D eigenvalue weighted by atomic mass is 16.5. The van der Waals surface area contributed by atoms with E-state index >= 15 is 0 Å². The summed E-state index contributed by atoms with van der Waals surface area (Å²) in [6.45, 7) is 3.42. The predicted molar refractivity (Wildman–Crippen MR) is 87.2 cm³/mol. The average molecular weight is 296 g/mol. The van der Waals surface area contributed by atoms with Crippen LogP contribution in [0.1, 0.15) is 11.1 Å². The van der Waals surface area contributed by atoms with E-state index in [1.807, 2.05) is 36.4 Å². The van der Waals surface area contributed by atoms with Gasteiger partial charge in [-0.15, -0.1) is 0 Å². The summed E-state index contributed by atoms with van der Waals surface area (Å²) in [5.41, 5.74) is 3.55. The van der Waals surface area contributed by atoms with Gasteiger partial charge in [0, 0.05) is 13.6 Å². The topological polar surface area (TPSA) is 41.6 Å². The van der Waals surface area contributed by atoms with Gasteiger partial charge in [-0.1, -0.05) is 36.4 Å². The van der Waals surface area contributed by atoms with Crippen LogP contribution >= 0.6 is 0 Å². The van der Waals surface area contributed by atoms with Crippen molar-refractivity contribution in [2.75, 3.05) is 18.5 Å². The molecule has 4 heteroatoms. The Morgan fingerprint density at radius 2 is 1.95 bits per heavy atom. The Morgan fingerprint density at radius 3 is 2.73 bits per heavy atom. The molecule has 1 unspecified atom stereocenters. The summed E-state index contributed by atoms with van der Waals surface area (Å²) < 4.78 is 5.83. The minimum Gasteiger partial charge on any atom is -0.477 e. The molecule has 0 radical (unpaired) electrons.